The number of carbonyl (C=O) groups is 1. The highest BCUT2D eigenvalue weighted by Crippen LogP contribution is 2.26. The van der Waals surface area contributed by atoms with Gasteiger partial charge in [-0.1, -0.05) is 26.0 Å². The van der Waals surface area contributed by atoms with E-state index in [1.165, 1.54) is 5.56 Å². The molecule has 0 fully saturated rings. The minimum absolute atomic E-state index is 0.389. The first-order chi connectivity index (χ1) is 10.5. The molecule has 2 aromatic rings. The first-order valence-electron chi connectivity index (χ1n) is 7.20. The van der Waals surface area contributed by atoms with Crippen molar-refractivity contribution in [3.05, 3.63) is 58.1 Å². The average molecular weight is 363 g/mol. The van der Waals surface area contributed by atoms with Crippen LogP contribution in [-0.4, -0.2) is 13.1 Å². The number of benzene rings is 2. The fourth-order valence-electron chi connectivity index (χ4n) is 2.06. The number of methoxy groups -OCH3 is 1. The summed E-state index contributed by atoms with van der Waals surface area (Å²) in [5.41, 5.74) is 1.72. The van der Waals surface area contributed by atoms with Gasteiger partial charge >= 0.3 is 5.97 Å². The van der Waals surface area contributed by atoms with Crippen LogP contribution in [0.25, 0.3) is 0 Å². The second-order valence-corrected chi connectivity index (χ2v) is 5.97. The Balaban J connectivity index is 2.10. The van der Waals surface area contributed by atoms with Crippen LogP contribution < -0.4 is 9.47 Å². The Bertz CT molecular complexity index is 650. The Morgan fingerprint density at radius 1 is 1.18 bits per heavy atom. The van der Waals surface area contributed by atoms with Crippen molar-refractivity contribution in [2.75, 3.05) is 7.11 Å². The third kappa shape index (κ3) is 3.89. The topological polar surface area (TPSA) is 35.5 Å². The van der Waals surface area contributed by atoms with E-state index in [0.717, 1.165) is 10.9 Å². The number of hydrogen-bond acceptors (Lipinski definition) is 3. The molecule has 0 aromatic heterocycles. The third-order valence-electron chi connectivity index (χ3n) is 3.66. The summed E-state index contributed by atoms with van der Waals surface area (Å²) in [6.45, 7) is 4.33. The summed E-state index contributed by atoms with van der Waals surface area (Å²) in [5, 5.41) is 0. The second kappa shape index (κ2) is 7.45. The molecule has 0 aliphatic heterocycles. The Labute approximate surface area is 139 Å². The average Bonchev–Trinajstić information content (AvgIpc) is 2.54. The summed E-state index contributed by atoms with van der Waals surface area (Å²) in [6, 6.07) is 12.8. The monoisotopic (exact) mass is 362 g/mol. The first-order valence-corrected chi connectivity index (χ1v) is 8.00. The van der Waals surface area contributed by atoms with Crippen LogP contribution in [-0.2, 0) is 0 Å². The Morgan fingerprint density at radius 2 is 1.86 bits per heavy atom. The van der Waals surface area contributed by atoms with Gasteiger partial charge in [-0.2, -0.15) is 0 Å². The lowest BCUT2D eigenvalue weighted by Crippen LogP contribution is -2.08. The molecule has 0 heterocycles. The number of esters is 1. The molecule has 3 nitrogen and oxygen atoms in total. The summed E-state index contributed by atoms with van der Waals surface area (Å²) < 4.78 is 11.3. The van der Waals surface area contributed by atoms with Gasteiger partial charge < -0.3 is 9.47 Å². The predicted octanol–water partition coefficient (Wildman–Crippen LogP) is 5.19. The number of rotatable bonds is 5. The highest BCUT2D eigenvalue weighted by Gasteiger charge is 2.12. The van der Waals surface area contributed by atoms with Gasteiger partial charge in [0.2, 0.25) is 0 Å². The van der Waals surface area contributed by atoms with Crippen LogP contribution in [0.15, 0.2) is 46.9 Å². The molecule has 2 rings (SSSR count). The fraction of sp³-hybridized carbons (Fsp3) is 0.278. The molecule has 1 atom stereocenters. The Morgan fingerprint density at radius 3 is 2.41 bits per heavy atom. The lowest BCUT2D eigenvalue weighted by Gasteiger charge is -2.10. The van der Waals surface area contributed by atoms with Crippen molar-refractivity contribution in [2.24, 2.45) is 0 Å². The number of carbonyl (C=O) groups excluding carboxylic acids is 1. The summed E-state index contributed by atoms with van der Waals surface area (Å²) >= 11 is 3.36. The maximum atomic E-state index is 12.2. The zero-order chi connectivity index (χ0) is 16.1. The Kier molecular flexibility index (Phi) is 5.61. The van der Waals surface area contributed by atoms with Crippen LogP contribution in [0.2, 0.25) is 0 Å². The number of hydrogen-bond donors (Lipinski definition) is 0. The molecule has 0 amide bonds. The molecule has 0 spiro atoms. The molecule has 4 heteroatoms. The highest BCUT2D eigenvalue weighted by molar-refractivity contribution is 9.10. The molecule has 0 bridgehead atoms. The summed E-state index contributed by atoms with van der Waals surface area (Å²) in [7, 11) is 1.58. The molecule has 1 unspecified atom stereocenters. The van der Waals surface area contributed by atoms with E-state index in [4.69, 9.17) is 9.47 Å². The molecular weight excluding hydrogens is 344 g/mol. The molecular formula is C18H19BrO3. The predicted molar refractivity (Wildman–Crippen MR) is 90.8 cm³/mol. The summed E-state index contributed by atoms with van der Waals surface area (Å²) in [4.78, 5) is 12.2. The van der Waals surface area contributed by atoms with Crippen LogP contribution >= 0.6 is 15.9 Å². The molecule has 0 saturated heterocycles. The van der Waals surface area contributed by atoms with E-state index in [9.17, 15) is 4.79 Å². The number of halogens is 1. The lowest BCUT2D eigenvalue weighted by atomic mass is 9.99. The molecule has 0 saturated carbocycles. The first kappa shape index (κ1) is 16.6. The second-order valence-electron chi connectivity index (χ2n) is 5.12. The van der Waals surface area contributed by atoms with Crippen molar-refractivity contribution in [2.45, 2.75) is 26.2 Å². The SMILES string of the molecule is CCC(C)c1ccc(OC(=O)c2ccc(OC)c(Br)c2)cc1. The molecule has 116 valence electrons. The van der Waals surface area contributed by atoms with Gasteiger partial charge in [-0.05, 0) is 64.2 Å². The van der Waals surface area contributed by atoms with Gasteiger partial charge in [0, 0.05) is 0 Å². The van der Waals surface area contributed by atoms with Crippen LogP contribution in [0.4, 0.5) is 0 Å². The molecule has 0 N–H and O–H groups in total. The van der Waals surface area contributed by atoms with E-state index in [2.05, 4.69) is 29.8 Å². The van der Waals surface area contributed by atoms with Gasteiger partial charge in [0.15, 0.2) is 0 Å². The van der Waals surface area contributed by atoms with Crippen molar-refractivity contribution in [1.29, 1.82) is 0 Å². The maximum Gasteiger partial charge on any atom is 0.343 e. The normalized spacial score (nSPS) is 11.8. The van der Waals surface area contributed by atoms with Crippen LogP contribution in [0, 0.1) is 0 Å². The van der Waals surface area contributed by atoms with E-state index in [0.29, 0.717) is 23.0 Å². The molecule has 0 radical (unpaired) electrons. The zero-order valence-electron chi connectivity index (χ0n) is 12.9. The van der Waals surface area contributed by atoms with Gasteiger partial charge in [0.25, 0.3) is 0 Å². The van der Waals surface area contributed by atoms with E-state index >= 15 is 0 Å². The van der Waals surface area contributed by atoms with Gasteiger partial charge in [-0.3, -0.25) is 0 Å². The third-order valence-corrected chi connectivity index (χ3v) is 4.28. The molecule has 0 aliphatic carbocycles. The quantitative estimate of drug-likeness (QED) is 0.542. The summed E-state index contributed by atoms with van der Waals surface area (Å²) in [6.07, 6.45) is 1.08. The van der Waals surface area contributed by atoms with Gasteiger partial charge in [-0.15, -0.1) is 0 Å². The van der Waals surface area contributed by atoms with Crippen molar-refractivity contribution in [1.82, 2.24) is 0 Å². The Hall–Kier alpha value is -1.81. The molecule has 0 aliphatic rings. The largest absolute Gasteiger partial charge is 0.496 e. The van der Waals surface area contributed by atoms with Crippen LogP contribution in [0.5, 0.6) is 11.5 Å². The van der Waals surface area contributed by atoms with Crippen LogP contribution in [0.3, 0.4) is 0 Å². The van der Waals surface area contributed by atoms with Crippen molar-refractivity contribution < 1.29 is 14.3 Å². The standard InChI is InChI=1S/C18H19BrO3/c1-4-12(2)13-5-8-15(9-6-13)22-18(20)14-7-10-17(21-3)16(19)11-14/h5-12H,4H2,1-3H3. The fourth-order valence-corrected chi connectivity index (χ4v) is 2.60. The lowest BCUT2D eigenvalue weighted by molar-refractivity contribution is 0.0734. The smallest absolute Gasteiger partial charge is 0.343 e. The van der Waals surface area contributed by atoms with Crippen molar-refractivity contribution in [3.63, 3.8) is 0 Å². The van der Waals surface area contributed by atoms with E-state index in [-0.39, 0.29) is 5.97 Å². The van der Waals surface area contributed by atoms with Gasteiger partial charge in [-0.25, -0.2) is 4.79 Å². The molecule has 2 aromatic carbocycles. The van der Waals surface area contributed by atoms with E-state index in [1.54, 1.807) is 25.3 Å². The van der Waals surface area contributed by atoms with E-state index in [1.807, 2.05) is 24.3 Å². The zero-order valence-corrected chi connectivity index (χ0v) is 14.5. The van der Waals surface area contributed by atoms with Crippen molar-refractivity contribution >= 4 is 21.9 Å². The highest BCUT2D eigenvalue weighted by atomic mass is 79.9. The molecule has 22 heavy (non-hydrogen) atoms. The minimum atomic E-state index is -0.389. The van der Waals surface area contributed by atoms with Gasteiger partial charge in [0.05, 0.1) is 17.1 Å². The maximum absolute atomic E-state index is 12.2. The minimum Gasteiger partial charge on any atom is -0.496 e. The van der Waals surface area contributed by atoms with Gasteiger partial charge in [0.1, 0.15) is 11.5 Å². The summed E-state index contributed by atoms with van der Waals surface area (Å²) in [5.74, 6) is 1.33. The van der Waals surface area contributed by atoms with Crippen molar-refractivity contribution in [3.8, 4) is 11.5 Å². The van der Waals surface area contributed by atoms with E-state index < -0.39 is 0 Å². The number of ether oxygens (including phenoxy) is 2. The van der Waals surface area contributed by atoms with Crippen LogP contribution in [0.1, 0.15) is 42.1 Å².